The molecule has 0 spiro atoms. The SMILES string of the molecule is CSCC(C)(C)c1cc(NC(=O)NCc2ccccc2Sc2ccc3nnc(-c4cccc(OCCO)c4)n3c2)n(-c2ccc(O)c(C#N)c2)n1. The van der Waals surface area contributed by atoms with Crippen molar-refractivity contribution in [3.8, 4) is 34.6 Å². The Labute approximate surface area is 303 Å². The summed E-state index contributed by atoms with van der Waals surface area (Å²) in [5, 5.41) is 48.2. The molecule has 260 valence electrons. The van der Waals surface area contributed by atoms with E-state index in [0.717, 1.165) is 32.4 Å². The number of fused-ring (bicyclic) bond motifs is 1. The summed E-state index contributed by atoms with van der Waals surface area (Å²) in [6.07, 6.45) is 4.01. The number of hydrogen-bond donors (Lipinski definition) is 4. The molecule has 4 N–H and O–H groups in total. The van der Waals surface area contributed by atoms with Gasteiger partial charge in [0.15, 0.2) is 11.5 Å². The van der Waals surface area contributed by atoms with Crippen LogP contribution in [0, 0.1) is 11.3 Å². The van der Waals surface area contributed by atoms with E-state index in [0.29, 0.717) is 28.7 Å². The number of urea groups is 1. The molecule has 14 heteroatoms. The maximum absolute atomic E-state index is 13.4. The molecule has 0 aliphatic carbocycles. The predicted octanol–water partition coefficient (Wildman–Crippen LogP) is 6.64. The Bertz CT molecular complexity index is 2230. The highest BCUT2D eigenvalue weighted by Crippen LogP contribution is 2.33. The third kappa shape index (κ3) is 8.12. The van der Waals surface area contributed by atoms with E-state index in [1.54, 1.807) is 34.3 Å². The quantitative estimate of drug-likeness (QED) is 0.102. The first-order chi connectivity index (χ1) is 24.7. The van der Waals surface area contributed by atoms with Gasteiger partial charge in [0.1, 0.15) is 30.0 Å². The van der Waals surface area contributed by atoms with Crippen LogP contribution in [0.15, 0.2) is 101 Å². The zero-order chi connectivity index (χ0) is 36.0. The minimum atomic E-state index is -0.426. The largest absolute Gasteiger partial charge is 0.507 e. The van der Waals surface area contributed by atoms with Crippen molar-refractivity contribution in [3.63, 3.8) is 0 Å². The van der Waals surface area contributed by atoms with E-state index >= 15 is 0 Å². The normalized spacial score (nSPS) is 11.4. The second kappa shape index (κ2) is 15.6. The monoisotopic (exact) mass is 720 g/mol. The number of nitrogens with zero attached hydrogens (tertiary/aromatic N) is 6. The van der Waals surface area contributed by atoms with Gasteiger partial charge in [0.25, 0.3) is 0 Å². The van der Waals surface area contributed by atoms with E-state index in [4.69, 9.17) is 14.9 Å². The summed E-state index contributed by atoms with van der Waals surface area (Å²) in [5.74, 6) is 2.40. The maximum atomic E-state index is 13.4. The third-order valence-electron chi connectivity index (χ3n) is 7.96. The molecule has 0 saturated carbocycles. The molecule has 0 fully saturated rings. The van der Waals surface area contributed by atoms with Crippen LogP contribution < -0.4 is 15.4 Å². The summed E-state index contributed by atoms with van der Waals surface area (Å²) in [7, 11) is 0. The first kappa shape index (κ1) is 35.3. The number of rotatable bonds is 13. The fourth-order valence-electron chi connectivity index (χ4n) is 5.41. The highest BCUT2D eigenvalue weighted by atomic mass is 32.2. The molecular formula is C37H36N8O4S2. The number of carbonyl (C=O) groups is 1. The van der Waals surface area contributed by atoms with Gasteiger partial charge in [0, 0.05) is 45.3 Å². The van der Waals surface area contributed by atoms with Crippen LogP contribution in [0.2, 0.25) is 0 Å². The number of aliphatic hydroxyl groups excluding tert-OH is 1. The Hall–Kier alpha value is -5.49. The number of nitrogens with one attached hydrogen (secondary N) is 2. The van der Waals surface area contributed by atoms with Crippen molar-refractivity contribution in [2.75, 3.05) is 30.5 Å². The van der Waals surface area contributed by atoms with Crippen LogP contribution in [0.5, 0.6) is 11.5 Å². The van der Waals surface area contributed by atoms with E-state index in [1.807, 2.05) is 89.7 Å². The minimum Gasteiger partial charge on any atom is -0.507 e. The van der Waals surface area contributed by atoms with Gasteiger partial charge >= 0.3 is 6.03 Å². The molecule has 6 aromatic rings. The first-order valence-electron chi connectivity index (χ1n) is 16.0. The number of carbonyl (C=O) groups excluding carboxylic acids is 1. The molecule has 0 saturated heterocycles. The van der Waals surface area contributed by atoms with Crippen molar-refractivity contribution in [3.05, 3.63) is 108 Å². The van der Waals surface area contributed by atoms with Gasteiger partial charge < -0.3 is 20.3 Å². The topological polar surface area (TPSA) is 163 Å². The molecular weight excluding hydrogens is 685 g/mol. The molecule has 0 aliphatic rings. The number of aromatic nitrogens is 5. The number of nitriles is 1. The number of pyridine rings is 1. The van der Waals surface area contributed by atoms with Gasteiger partial charge in [-0.15, -0.1) is 10.2 Å². The Balaban J connectivity index is 1.20. The number of hydrogen-bond acceptors (Lipinski definition) is 10. The Morgan fingerprint density at radius 2 is 1.88 bits per heavy atom. The summed E-state index contributed by atoms with van der Waals surface area (Å²) in [4.78, 5) is 15.3. The molecule has 3 heterocycles. The molecule has 3 aromatic heterocycles. The average Bonchev–Trinajstić information content (AvgIpc) is 3.76. The van der Waals surface area contributed by atoms with Crippen molar-refractivity contribution in [1.82, 2.24) is 29.7 Å². The summed E-state index contributed by atoms with van der Waals surface area (Å²) in [6.45, 7) is 4.55. The Morgan fingerprint density at radius 3 is 2.69 bits per heavy atom. The van der Waals surface area contributed by atoms with Crippen LogP contribution in [0.1, 0.15) is 30.7 Å². The van der Waals surface area contributed by atoms with Crippen LogP contribution >= 0.6 is 23.5 Å². The number of amides is 2. The van der Waals surface area contributed by atoms with E-state index in [2.05, 4.69) is 34.7 Å². The highest BCUT2D eigenvalue weighted by molar-refractivity contribution is 7.99. The second-order valence-corrected chi connectivity index (χ2v) is 14.2. The summed E-state index contributed by atoms with van der Waals surface area (Å²) in [6, 6.07) is 27.3. The molecule has 0 radical (unpaired) electrons. The molecule has 51 heavy (non-hydrogen) atoms. The molecule has 0 aliphatic heterocycles. The zero-order valence-corrected chi connectivity index (χ0v) is 29.8. The maximum Gasteiger partial charge on any atom is 0.320 e. The smallest absolute Gasteiger partial charge is 0.320 e. The van der Waals surface area contributed by atoms with E-state index < -0.39 is 6.03 Å². The van der Waals surface area contributed by atoms with Gasteiger partial charge in [0.2, 0.25) is 0 Å². The van der Waals surface area contributed by atoms with E-state index in [-0.39, 0.29) is 36.5 Å². The molecule has 0 unspecified atom stereocenters. The number of phenolic OH excluding ortho intramolecular Hbond substituents is 1. The summed E-state index contributed by atoms with van der Waals surface area (Å²) >= 11 is 3.26. The molecule has 6 rings (SSSR count). The molecule has 3 aromatic carbocycles. The second-order valence-electron chi connectivity index (χ2n) is 12.2. The van der Waals surface area contributed by atoms with Gasteiger partial charge in [-0.25, -0.2) is 9.48 Å². The van der Waals surface area contributed by atoms with Crippen LogP contribution in [0.4, 0.5) is 10.6 Å². The molecule has 2 amide bonds. The fraction of sp³-hybridized carbons (Fsp3) is 0.216. The Kier molecular flexibility index (Phi) is 10.8. The van der Waals surface area contributed by atoms with Gasteiger partial charge in [-0.3, -0.25) is 9.72 Å². The number of phenols is 1. The lowest BCUT2D eigenvalue weighted by Crippen LogP contribution is -2.29. The number of anilines is 1. The molecule has 0 atom stereocenters. The number of thioether (sulfide) groups is 1. The third-order valence-corrected chi connectivity index (χ3v) is 10.1. The number of ether oxygens (including phenoxy) is 1. The average molecular weight is 721 g/mol. The lowest BCUT2D eigenvalue weighted by Gasteiger charge is -2.20. The van der Waals surface area contributed by atoms with Crippen molar-refractivity contribution < 1.29 is 19.7 Å². The fourth-order valence-corrected chi connectivity index (χ4v) is 7.24. The van der Waals surface area contributed by atoms with Crippen LogP contribution in [0.3, 0.4) is 0 Å². The lowest BCUT2D eigenvalue weighted by molar-refractivity contribution is 0.201. The van der Waals surface area contributed by atoms with Crippen LogP contribution in [0.25, 0.3) is 22.7 Å². The van der Waals surface area contributed by atoms with E-state index in [9.17, 15) is 15.2 Å². The summed E-state index contributed by atoms with van der Waals surface area (Å²) < 4.78 is 9.09. The number of benzene rings is 3. The van der Waals surface area contributed by atoms with Crippen LogP contribution in [-0.2, 0) is 12.0 Å². The highest BCUT2D eigenvalue weighted by Gasteiger charge is 2.26. The minimum absolute atomic E-state index is 0.0737. The van der Waals surface area contributed by atoms with Gasteiger partial charge in [-0.05, 0) is 60.4 Å². The van der Waals surface area contributed by atoms with Gasteiger partial charge in [-0.1, -0.05) is 55.9 Å². The lowest BCUT2D eigenvalue weighted by atomic mass is 9.92. The van der Waals surface area contributed by atoms with E-state index in [1.165, 1.54) is 12.1 Å². The first-order valence-corrected chi connectivity index (χ1v) is 18.2. The van der Waals surface area contributed by atoms with Crippen molar-refractivity contribution in [1.29, 1.82) is 5.26 Å². The zero-order valence-electron chi connectivity index (χ0n) is 28.2. The Morgan fingerprint density at radius 1 is 1.04 bits per heavy atom. The number of aliphatic hydroxyl groups is 1. The van der Waals surface area contributed by atoms with Gasteiger partial charge in [-0.2, -0.15) is 22.1 Å². The number of aromatic hydroxyl groups is 1. The molecule has 12 nitrogen and oxygen atoms in total. The van der Waals surface area contributed by atoms with Crippen LogP contribution in [-0.4, -0.2) is 65.8 Å². The standard InChI is InChI=1S/C37H36N8O4S2/c1-37(2,23-50-3)32-19-34(45(43-32)27-11-13-30(47)26(17-27)20-38)40-36(48)39-21-25-7-4-5-10-31(25)51-29-12-14-33-41-42-35(44(33)22-29)24-8-6-9-28(18-24)49-16-15-46/h4-14,17-19,22,46-47H,15-16,21,23H2,1-3H3,(H2,39,40,48). The molecule has 0 bridgehead atoms. The summed E-state index contributed by atoms with van der Waals surface area (Å²) in [5.41, 5.74) is 3.56. The predicted molar refractivity (Wildman–Crippen MR) is 199 cm³/mol. The van der Waals surface area contributed by atoms with Crippen molar-refractivity contribution in [2.45, 2.75) is 35.6 Å². The van der Waals surface area contributed by atoms with Gasteiger partial charge in [0.05, 0.1) is 23.6 Å². The van der Waals surface area contributed by atoms with Crippen molar-refractivity contribution >= 4 is 41.0 Å². The van der Waals surface area contributed by atoms with Crippen molar-refractivity contribution in [2.24, 2.45) is 0 Å².